The highest BCUT2D eigenvalue weighted by Gasteiger charge is 2.14. The minimum Gasteiger partial charge on any atom is -0.441 e. The second kappa shape index (κ2) is 4.09. The molecule has 0 aliphatic heterocycles. The van der Waals surface area contributed by atoms with Crippen LogP contribution in [0.25, 0.3) is 22.4 Å². The first-order chi connectivity index (χ1) is 9.04. The van der Waals surface area contributed by atoms with E-state index in [1.165, 1.54) is 0 Å². The van der Waals surface area contributed by atoms with E-state index in [4.69, 9.17) is 8.83 Å². The molecule has 0 aliphatic rings. The summed E-state index contributed by atoms with van der Waals surface area (Å²) in [5.41, 5.74) is 2.32. The molecule has 0 aliphatic carbocycles. The van der Waals surface area contributed by atoms with Gasteiger partial charge in [-0.1, -0.05) is 12.1 Å². The van der Waals surface area contributed by atoms with Crippen LogP contribution in [0.4, 0.5) is 0 Å². The largest absolute Gasteiger partial charge is 0.441 e. The molecule has 0 unspecified atom stereocenters. The maximum atomic E-state index is 12.0. The van der Waals surface area contributed by atoms with E-state index < -0.39 is 5.63 Å². The molecule has 4 heteroatoms. The standard InChI is InChI=1S/C15H13NO3/c1-8-4-5-11-7-12(15(17)19-13(11)6-8)14-16-9(2)10(3)18-14/h4-7H,1-3H3. The number of benzene rings is 1. The van der Waals surface area contributed by atoms with Gasteiger partial charge >= 0.3 is 5.63 Å². The zero-order valence-corrected chi connectivity index (χ0v) is 11.0. The molecule has 1 aromatic carbocycles. The van der Waals surface area contributed by atoms with Crippen molar-refractivity contribution in [2.24, 2.45) is 0 Å². The van der Waals surface area contributed by atoms with E-state index in [1.54, 1.807) is 6.07 Å². The van der Waals surface area contributed by atoms with Crippen LogP contribution < -0.4 is 5.63 Å². The van der Waals surface area contributed by atoms with Gasteiger partial charge in [-0.25, -0.2) is 9.78 Å². The molecule has 0 N–H and O–H groups in total. The van der Waals surface area contributed by atoms with Crippen LogP contribution in [-0.2, 0) is 0 Å². The Labute approximate surface area is 109 Å². The van der Waals surface area contributed by atoms with E-state index in [2.05, 4.69) is 4.98 Å². The predicted molar refractivity (Wildman–Crippen MR) is 72.2 cm³/mol. The third-order valence-corrected chi connectivity index (χ3v) is 3.15. The molecule has 0 atom stereocenters. The molecule has 3 rings (SSSR count). The van der Waals surface area contributed by atoms with Gasteiger partial charge in [0.2, 0.25) is 5.89 Å². The average molecular weight is 255 g/mol. The van der Waals surface area contributed by atoms with Gasteiger partial charge in [-0.05, 0) is 38.5 Å². The number of fused-ring (bicyclic) bond motifs is 1. The molecule has 19 heavy (non-hydrogen) atoms. The average Bonchev–Trinajstić information content (AvgIpc) is 2.68. The SMILES string of the molecule is Cc1ccc2cc(-c3nc(C)c(C)o3)c(=O)oc2c1. The van der Waals surface area contributed by atoms with Crippen molar-refractivity contribution in [3.05, 3.63) is 51.7 Å². The first-order valence-electron chi connectivity index (χ1n) is 6.03. The van der Waals surface area contributed by atoms with Gasteiger partial charge in [0.05, 0.1) is 5.69 Å². The van der Waals surface area contributed by atoms with Gasteiger partial charge in [0.25, 0.3) is 0 Å². The van der Waals surface area contributed by atoms with Crippen molar-refractivity contribution < 1.29 is 8.83 Å². The highest BCUT2D eigenvalue weighted by molar-refractivity contribution is 5.80. The molecule has 2 heterocycles. The Balaban J connectivity index is 2.27. The third kappa shape index (κ3) is 1.95. The Morgan fingerprint density at radius 2 is 1.84 bits per heavy atom. The molecule has 0 saturated heterocycles. The van der Waals surface area contributed by atoms with Crippen molar-refractivity contribution in [1.82, 2.24) is 4.98 Å². The van der Waals surface area contributed by atoms with Gasteiger partial charge < -0.3 is 8.83 Å². The summed E-state index contributed by atoms with van der Waals surface area (Å²) in [6.07, 6.45) is 0. The number of rotatable bonds is 1. The number of hydrogen-bond donors (Lipinski definition) is 0. The molecule has 4 nitrogen and oxygen atoms in total. The lowest BCUT2D eigenvalue weighted by molar-refractivity contribution is 0.526. The molecule has 3 aromatic rings. The van der Waals surface area contributed by atoms with Gasteiger partial charge in [0.15, 0.2) is 0 Å². The summed E-state index contributed by atoms with van der Waals surface area (Å²) in [6.45, 7) is 5.61. The fraction of sp³-hybridized carbons (Fsp3) is 0.200. The van der Waals surface area contributed by atoms with E-state index in [0.29, 0.717) is 22.8 Å². The lowest BCUT2D eigenvalue weighted by atomic mass is 10.1. The zero-order chi connectivity index (χ0) is 13.6. The summed E-state index contributed by atoms with van der Waals surface area (Å²) in [4.78, 5) is 16.2. The van der Waals surface area contributed by atoms with E-state index in [-0.39, 0.29) is 0 Å². The number of oxazole rings is 1. The lowest BCUT2D eigenvalue weighted by Crippen LogP contribution is -2.02. The van der Waals surface area contributed by atoms with E-state index in [0.717, 1.165) is 16.6 Å². The summed E-state index contributed by atoms with van der Waals surface area (Å²) in [7, 11) is 0. The Hall–Kier alpha value is -2.36. The van der Waals surface area contributed by atoms with Crippen LogP contribution in [0.5, 0.6) is 0 Å². The summed E-state index contributed by atoms with van der Waals surface area (Å²) < 4.78 is 10.8. The molecule has 0 amide bonds. The van der Waals surface area contributed by atoms with Crippen LogP contribution in [0.15, 0.2) is 37.9 Å². The first kappa shape index (κ1) is 11.7. The quantitative estimate of drug-likeness (QED) is 0.625. The number of aromatic nitrogens is 1. The van der Waals surface area contributed by atoms with Crippen molar-refractivity contribution in [3.8, 4) is 11.5 Å². The maximum absolute atomic E-state index is 12.0. The van der Waals surface area contributed by atoms with Crippen molar-refractivity contribution >= 4 is 11.0 Å². The van der Waals surface area contributed by atoms with Crippen molar-refractivity contribution in [1.29, 1.82) is 0 Å². The lowest BCUT2D eigenvalue weighted by Gasteiger charge is -2.00. The third-order valence-electron chi connectivity index (χ3n) is 3.15. The molecule has 0 fully saturated rings. The first-order valence-corrected chi connectivity index (χ1v) is 6.03. The van der Waals surface area contributed by atoms with Crippen molar-refractivity contribution in [3.63, 3.8) is 0 Å². The Morgan fingerprint density at radius 3 is 2.53 bits per heavy atom. The zero-order valence-electron chi connectivity index (χ0n) is 11.0. The molecule has 0 radical (unpaired) electrons. The smallest absolute Gasteiger partial charge is 0.349 e. The monoisotopic (exact) mass is 255 g/mol. The second-order valence-corrected chi connectivity index (χ2v) is 4.65. The minimum atomic E-state index is -0.431. The fourth-order valence-electron chi connectivity index (χ4n) is 1.96. The molecule has 2 aromatic heterocycles. The van der Waals surface area contributed by atoms with Crippen LogP contribution in [0, 0.1) is 20.8 Å². The van der Waals surface area contributed by atoms with Gasteiger partial charge in [-0.3, -0.25) is 0 Å². The summed E-state index contributed by atoms with van der Waals surface area (Å²) in [5.74, 6) is 1.02. The minimum absolute atomic E-state index is 0.311. The summed E-state index contributed by atoms with van der Waals surface area (Å²) >= 11 is 0. The Kier molecular flexibility index (Phi) is 2.52. The van der Waals surface area contributed by atoms with Gasteiger partial charge in [0.1, 0.15) is 16.9 Å². The van der Waals surface area contributed by atoms with Crippen molar-refractivity contribution in [2.45, 2.75) is 20.8 Å². The van der Waals surface area contributed by atoms with Crippen LogP contribution in [0.2, 0.25) is 0 Å². The molecule has 0 bridgehead atoms. The van der Waals surface area contributed by atoms with Gasteiger partial charge in [-0.2, -0.15) is 0 Å². The second-order valence-electron chi connectivity index (χ2n) is 4.65. The number of nitrogens with zero attached hydrogens (tertiary/aromatic N) is 1. The van der Waals surface area contributed by atoms with E-state index in [9.17, 15) is 4.79 Å². The van der Waals surface area contributed by atoms with Crippen molar-refractivity contribution in [2.75, 3.05) is 0 Å². The van der Waals surface area contributed by atoms with Crippen LogP contribution in [-0.4, -0.2) is 4.98 Å². The van der Waals surface area contributed by atoms with E-state index >= 15 is 0 Å². The van der Waals surface area contributed by atoms with Crippen LogP contribution in [0.3, 0.4) is 0 Å². The van der Waals surface area contributed by atoms with Gasteiger partial charge in [-0.15, -0.1) is 0 Å². The summed E-state index contributed by atoms with van der Waals surface area (Å²) in [5, 5.41) is 0.855. The normalized spacial score (nSPS) is 11.1. The fourth-order valence-corrected chi connectivity index (χ4v) is 1.96. The van der Waals surface area contributed by atoms with Crippen LogP contribution in [0.1, 0.15) is 17.0 Å². The highest BCUT2D eigenvalue weighted by atomic mass is 16.4. The predicted octanol–water partition coefficient (Wildman–Crippen LogP) is 3.37. The van der Waals surface area contributed by atoms with E-state index in [1.807, 2.05) is 39.0 Å². The molecular weight excluding hydrogens is 242 g/mol. The molecule has 0 saturated carbocycles. The Bertz CT molecular complexity index is 808. The number of hydrogen-bond acceptors (Lipinski definition) is 4. The van der Waals surface area contributed by atoms with Gasteiger partial charge in [0, 0.05) is 5.39 Å². The molecule has 0 spiro atoms. The maximum Gasteiger partial charge on any atom is 0.349 e. The molecular formula is C15H13NO3. The topological polar surface area (TPSA) is 56.2 Å². The highest BCUT2D eigenvalue weighted by Crippen LogP contribution is 2.22. The van der Waals surface area contributed by atoms with Crippen LogP contribution >= 0.6 is 0 Å². The summed E-state index contributed by atoms with van der Waals surface area (Å²) in [6, 6.07) is 7.48. The number of aryl methyl sites for hydroxylation is 3. The molecule has 96 valence electrons. The Morgan fingerprint density at radius 1 is 1.05 bits per heavy atom.